The first-order valence-corrected chi connectivity index (χ1v) is 6.92. The van der Waals surface area contributed by atoms with Crippen molar-refractivity contribution in [2.75, 3.05) is 19.0 Å². The monoisotopic (exact) mass is 410 g/mol. The molecular formula is C11H12Br2N2O5. The van der Waals surface area contributed by atoms with Crippen LogP contribution in [0.5, 0.6) is 5.75 Å². The molecule has 1 aromatic carbocycles. The number of nitrogens with one attached hydrogen (secondary N) is 2. The molecule has 1 unspecified atom stereocenters. The van der Waals surface area contributed by atoms with Gasteiger partial charge in [0.2, 0.25) is 0 Å². The van der Waals surface area contributed by atoms with E-state index in [1.807, 2.05) is 0 Å². The van der Waals surface area contributed by atoms with Crippen LogP contribution in [0.15, 0.2) is 21.1 Å². The molecule has 0 heterocycles. The summed E-state index contributed by atoms with van der Waals surface area (Å²) in [6.45, 7) is -0.396. The molecule has 110 valence electrons. The molecule has 0 aliphatic heterocycles. The minimum absolute atomic E-state index is 0.396. The second kappa shape index (κ2) is 7.46. The molecule has 0 saturated heterocycles. The van der Waals surface area contributed by atoms with Gasteiger partial charge in [-0.15, -0.1) is 0 Å². The molecule has 0 aromatic heterocycles. The maximum absolute atomic E-state index is 11.6. The van der Waals surface area contributed by atoms with Gasteiger partial charge >= 0.3 is 12.0 Å². The van der Waals surface area contributed by atoms with Crippen molar-refractivity contribution < 1.29 is 24.5 Å². The van der Waals surface area contributed by atoms with Gasteiger partial charge < -0.3 is 25.6 Å². The molecule has 0 spiro atoms. The third kappa shape index (κ3) is 4.66. The number of hydrogen-bond donors (Lipinski definition) is 4. The first-order chi connectivity index (χ1) is 9.35. The predicted octanol–water partition coefficient (Wildman–Crippen LogP) is 1.79. The van der Waals surface area contributed by atoms with Crippen LogP contribution < -0.4 is 15.4 Å². The van der Waals surface area contributed by atoms with Crippen LogP contribution in [-0.2, 0) is 4.79 Å². The molecule has 7 nitrogen and oxygen atoms in total. The summed E-state index contributed by atoms with van der Waals surface area (Å²) in [6, 6.07) is 2.64. The van der Waals surface area contributed by atoms with Gasteiger partial charge in [0.25, 0.3) is 0 Å². The Morgan fingerprint density at radius 1 is 1.35 bits per heavy atom. The molecule has 0 aliphatic carbocycles. The number of aliphatic hydroxyl groups excluding tert-OH is 1. The molecule has 0 saturated carbocycles. The van der Waals surface area contributed by atoms with E-state index in [9.17, 15) is 9.59 Å². The van der Waals surface area contributed by atoms with E-state index in [1.165, 1.54) is 7.11 Å². The molecule has 0 bridgehead atoms. The number of halogens is 2. The van der Waals surface area contributed by atoms with Crippen LogP contribution in [0, 0.1) is 0 Å². The quantitative estimate of drug-likeness (QED) is 0.590. The van der Waals surface area contributed by atoms with Crippen molar-refractivity contribution in [3.05, 3.63) is 21.1 Å². The van der Waals surface area contributed by atoms with Crippen molar-refractivity contribution in [1.82, 2.24) is 5.32 Å². The largest absolute Gasteiger partial charge is 0.495 e. The van der Waals surface area contributed by atoms with Crippen molar-refractivity contribution in [3.63, 3.8) is 0 Å². The SMILES string of the molecule is COc1cc(NC(=O)NCC(O)C(=O)O)c(Br)cc1Br. The number of aliphatic carboxylic acids is 1. The molecule has 1 atom stereocenters. The number of hydrogen-bond acceptors (Lipinski definition) is 4. The highest BCUT2D eigenvalue weighted by atomic mass is 79.9. The Morgan fingerprint density at radius 2 is 2.00 bits per heavy atom. The second-order valence-corrected chi connectivity index (χ2v) is 5.36. The number of benzene rings is 1. The molecule has 20 heavy (non-hydrogen) atoms. The lowest BCUT2D eigenvalue weighted by Gasteiger charge is -2.12. The number of carboxylic acids is 1. The number of aliphatic hydroxyl groups is 1. The van der Waals surface area contributed by atoms with Gasteiger partial charge in [-0.1, -0.05) is 0 Å². The lowest BCUT2D eigenvalue weighted by molar-refractivity contribution is -0.146. The van der Waals surface area contributed by atoms with Crippen molar-refractivity contribution in [2.45, 2.75) is 6.10 Å². The Kier molecular flexibility index (Phi) is 6.24. The normalized spacial score (nSPS) is 11.6. The number of carbonyl (C=O) groups excluding carboxylic acids is 1. The fourth-order valence-electron chi connectivity index (χ4n) is 1.22. The summed E-state index contributed by atoms with van der Waals surface area (Å²) < 4.78 is 6.41. The Bertz CT molecular complexity index is 524. The van der Waals surface area contributed by atoms with Crippen molar-refractivity contribution in [3.8, 4) is 5.75 Å². The van der Waals surface area contributed by atoms with Gasteiger partial charge in [-0.05, 0) is 37.9 Å². The van der Waals surface area contributed by atoms with E-state index >= 15 is 0 Å². The Labute approximate surface area is 131 Å². The number of anilines is 1. The van der Waals surface area contributed by atoms with E-state index in [1.54, 1.807) is 12.1 Å². The fourth-order valence-corrected chi connectivity index (χ4v) is 2.48. The Hall–Kier alpha value is -1.32. The highest BCUT2D eigenvalue weighted by Crippen LogP contribution is 2.34. The van der Waals surface area contributed by atoms with Crippen LogP contribution in [0.2, 0.25) is 0 Å². The number of methoxy groups -OCH3 is 1. The van der Waals surface area contributed by atoms with Crippen molar-refractivity contribution >= 4 is 49.5 Å². The zero-order valence-corrected chi connectivity index (χ0v) is 13.5. The summed E-state index contributed by atoms with van der Waals surface area (Å²) in [7, 11) is 1.49. The highest BCUT2D eigenvalue weighted by Gasteiger charge is 2.15. The van der Waals surface area contributed by atoms with Crippen LogP contribution in [-0.4, -0.2) is 42.0 Å². The Morgan fingerprint density at radius 3 is 2.55 bits per heavy atom. The van der Waals surface area contributed by atoms with E-state index in [4.69, 9.17) is 14.9 Å². The van der Waals surface area contributed by atoms with Gasteiger partial charge in [0.15, 0.2) is 6.10 Å². The third-order valence-corrected chi connectivity index (χ3v) is 3.51. The number of rotatable bonds is 5. The minimum Gasteiger partial charge on any atom is -0.495 e. The smallest absolute Gasteiger partial charge is 0.334 e. The summed E-state index contributed by atoms with van der Waals surface area (Å²) >= 11 is 6.56. The maximum Gasteiger partial charge on any atom is 0.334 e. The summed E-state index contributed by atoms with van der Waals surface area (Å²) in [6.07, 6.45) is -1.65. The summed E-state index contributed by atoms with van der Waals surface area (Å²) in [5.74, 6) is -0.883. The van der Waals surface area contributed by atoms with Crippen LogP contribution in [0.1, 0.15) is 0 Å². The van der Waals surface area contributed by atoms with Gasteiger partial charge in [-0.25, -0.2) is 9.59 Å². The van der Waals surface area contributed by atoms with E-state index in [0.717, 1.165) is 0 Å². The van der Waals surface area contributed by atoms with E-state index in [0.29, 0.717) is 20.4 Å². The first kappa shape index (κ1) is 16.7. The zero-order valence-electron chi connectivity index (χ0n) is 10.3. The van der Waals surface area contributed by atoms with Gasteiger partial charge in [0, 0.05) is 10.5 Å². The van der Waals surface area contributed by atoms with Gasteiger partial charge in [-0.2, -0.15) is 0 Å². The number of carboxylic acid groups (broad SMARTS) is 1. The van der Waals surface area contributed by atoms with Gasteiger partial charge in [0.05, 0.1) is 23.8 Å². The topological polar surface area (TPSA) is 108 Å². The highest BCUT2D eigenvalue weighted by molar-refractivity contribution is 9.11. The van der Waals surface area contributed by atoms with Crippen LogP contribution in [0.3, 0.4) is 0 Å². The molecule has 0 fully saturated rings. The molecule has 0 aliphatic rings. The molecule has 0 radical (unpaired) electrons. The van der Waals surface area contributed by atoms with Crippen molar-refractivity contribution in [2.24, 2.45) is 0 Å². The molecular weight excluding hydrogens is 400 g/mol. The Balaban J connectivity index is 2.69. The van der Waals surface area contributed by atoms with Gasteiger partial charge in [-0.3, -0.25) is 0 Å². The lowest BCUT2D eigenvalue weighted by Crippen LogP contribution is -2.38. The number of amides is 2. The number of carbonyl (C=O) groups is 2. The zero-order chi connectivity index (χ0) is 15.3. The van der Waals surface area contributed by atoms with Gasteiger partial charge in [0.1, 0.15) is 5.75 Å². The van der Waals surface area contributed by atoms with Crippen LogP contribution in [0.4, 0.5) is 10.5 Å². The fraction of sp³-hybridized carbons (Fsp3) is 0.273. The van der Waals surface area contributed by atoms with E-state index < -0.39 is 24.6 Å². The molecule has 9 heteroatoms. The second-order valence-electron chi connectivity index (χ2n) is 3.66. The summed E-state index contributed by atoms with van der Waals surface area (Å²) in [5, 5.41) is 22.3. The number of ether oxygens (including phenoxy) is 1. The molecule has 1 aromatic rings. The molecule has 2 amide bonds. The number of urea groups is 1. The standard InChI is InChI=1S/C11H12Br2N2O5/c1-20-9-3-7(5(12)2-6(9)13)15-11(19)14-4-8(16)10(17)18/h2-3,8,16H,4H2,1H3,(H,17,18)(H2,14,15,19). The first-order valence-electron chi connectivity index (χ1n) is 5.34. The van der Waals surface area contributed by atoms with Crippen LogP contribution in [0.25, 0.3) is 0 Å². The summed E-state index contributed by atoms with van der Waals surface area (Å²) in [4.78, 5) is 22.0. The van der Waals surface area contributed by atoms with E-state index in [2.05, 4.69) is 42.5 Å². The average Bonchev–Trinajstić information content (AvgIpc) is 2.38. The van der Waals surface area contributed by atoms with E-state index in [-0.39, 0.29) is 0 Å². The lowest BCUT2D eigenvalue weighted by atomic mass is 10.3. The average molecular weight is 412 g/mol. The minimum atomic E-state index is -1.65. The van der Waals surface area contributed by atoms with Crippen LogP contribution >= 0.6 is 31.9 Å². The predicted molar refractivity (Wildman–Crippen MR) is 79.1 cm³/mol. The maximum atomic E-state index is 11.6. The molecule has 4 N–H and O–H groups in total. The third-order valence-electron chi connectivity index (χ3n) is 2.23. The van der Waals surface area contributed by atoms with Crippen molar-refractivity contribution in [1.29, 1.82) is 0 Å². The molecule has 1 rings (SSSR count). The summed E-state index contributed by atoms with van der Waals surface area (Å²) in [5.41, 5.74) is 0.437.